The lowest BCUT2D eigenvalue weighted by Gasteiger charge is -2.34. The molecule has 0 bridgehead atoms. The van der Waals surface area contributed by atoms with E-state index in [2.05, 4.69) is 31.8 Å². The van der Waals surface area contributed by atoms with E-state index in [4.69, 9.17) is 27.9 Å². The molecular weight excluding hydrogens is 361 g/mol. The Balaban J connectivity index is 1.41. The van der Waals surface area contributed by atoms with Crippen molar-refractivity contribution in [1.82, 2.24) is 19.9 Å². The first-order valence-electron chi connectivity index (χ1n) is 8.44. The number of hydrogen-bond donors (Lipinski definition) is 0. The summed E-state index contributed by atoms with van der Waals surface area (Å²) in [6.07, 6.45) is 9.78. The van der Waals surface area contributed by atoms with Gasteiger partial charge in [0.05, 0.1) is 36.4 Å². The quantitative estimate of drug-likeness (QED) is 0.707. The van der Waals surface area contributed by atoms with Crippen LogP contribution < -0.4 is 9.64 Å². The largest absolute Gasteiger partial charge is 0.490 e. The highest BCUT2D eigenvalue weighted by molar-refractivity contribution is 6.30. The number of ether oxygens (including phenoxy) is 1. The molecule has 1 saturated heterocycles. The highest BCUT2D eigenvalue weighted by Gasteiger charge is 2.25. The maximum absolute atomic E-state index is 5.85. The lowest BCUT2D eigenvalue weighted by Crippen LogP contribution is -2.36. The van der Waals surface area contributed by atoms with E-state index in [0.29, 0.717) is 29.2 Å². The first-order valence-corrected chi connectivity index (χ1v) is 9.20. The summed E-state index contributed by atoms with van der Waals surface area (Å²) >= 11 is 11.5. The number of aromatic nitrogens is 4. The van der Waals surface area contributed by atoms with Crippen molar-refractivity contribution < 1.29 is 4.74 Å². The zero-order valence-electron chi connectivity index (χ0n) is 14.1. The summed E-state index contributed by atoms with van der Waals surface area (Å²) in [5.74, 6) is 2.71. The van der Waals surface area contributed by atoms with Crippen molar-refractivity contribution in [2.45, 2.75) is 26.2 Å². The van der Waals surface area contributed by atoms with E-state index in [0.717, 1.165) is 38.3 Å². The van der Waals surface area contributed by atoms with Crippen molar-refractivity contribution in [2.24, 2.45) is 11.8 Å². The Kier molecular flexibility index (Phi) is 6.26. The van der Waals surface area contributed by atoms with Crippen molar-refractivity contribution in [3.05, 3.63) is 35.1 Å². The molecule has 1 aliphatic rings. The van der Waals surface area contributed by atoms with Crippen LogP contribution in [-0.4, -0.2) is 39.6 Å². The average molecular weight is 382 g/mol. The fourth-order valence-electron chi connectivity index (χ4n) is 3.11. The monoisotopic (exact) mass is 381 g/mol. The zero-order chi connectivity index (χ0) is 17.6. The Morgan fingerprint density at radius 3 is 2.36 bits per heavy atom. The zero-order valence-corrected chi connectivity index (χ0v) is 15.6. The maximum Gasteiger partial charge on any atom is 0.225 e. The molecule has 0 aromatic carbocycles. The molecule has 1 fully saturated rings. The van der Waals surface area contributed by atoms with E-state index in [1.54, 1.807) is 24.8 Å². The highest BCUT2D eigenvalue weighted by Crippen LogP contribution is 2.28. The summed E-state index contributed by atoms with van der Waals surface area (Å²) in [6.45, 7) is 4.90. The van der Waals surface area contributed by atoms with Gasteiger partial charge in [0.1, 0.15) is 0 Å². The molecule has 0 saturated carbocycles. The van der Waals surface area contributed by atoms with E-state index < -0.39 is 0 Å². The van der Waals surface area contributed by atoms with E-state index in [-0.39, 0.29) is 5.28 Å². The molecule has 25 heavy (non-hydrogen) atoms. The van der Waals surface area contributed by atoms with Gasteiger partial charge < -0.3 is 9.64 Å². The normalized spacial score (nSPS) is 16.7. The van der Waals surface area contributed by atoms with Gasteiger partial charge in [0.2, 0.25) is 11.2 Å². The van der Waals surface area contributed by atoms with Crippen molar-refractivity contribution in [2.75, 3.05) is 24.6 Å². The number of hydrogen-bond acceptors (Lipinski definition) is 6. The molecular formula is C17H21Cl2N5O. The van der Waals surface area contributed by atoms with Crippen molar-refractivity contribution >= 4 is 29.2 Å². The minimum atomic E-state index is 0.233. The number of nitrogens with zero attached hydrogens (tertiary/aromatic N) is 5. The second-order valence-corrected chi connectivity index (χ2v) is 7.10. The van der Waals surface area contributed by atoms with E-state index >= 15 is 0 Å². The Bertz CT molecular complexity index is 660. The summed E-state index contributed by atoms with van der Waals surface area (Å²) in [6, 6.07) is 0. The van der Waals surface area contributed by atoms with Crippen molar-refractivity contribution in [3.8, 4) is 5.75 Å². The number of halogens is 2. The van der Waals surface area contributed by atoms with Crippen LogP contribution in [0.25, 0.3) is 0 Å². The van der Waals surface area contributed by atoms with Gasteiger partial charge in [-0.1, -0.05) is 18.5 Å². The lowest BCUT2D eigenvalue weighted by atomic mass is 9.84. The molecule has 8 heteroatoms. The van der Waals surface area contributed by atoms with E-state index in [1.807, 2.05) is 0 Å². The molecule has 3 rings (SSSR count). The minimum Gasteiger partial charge on any atom is -0.490 e. The Morgan fingerprint density at radius 1 is 1.08 bits per heavy atom. The Labute approximate surface area is 157 Å². The van der Waals surface area contributed by atoms with Gasteiger partial charge in [-0.2, -0.15) is 0 Å². The van der Waals surface area contributed by atoms with Crippen LogP contribution in [0.4, 0.5) is 5.95 Å². The summed E-state index contributed by atoms with van der Waals surface area (Å²) in [4.78, 5) is 18.7. The fraction of sp³-hybridized carbons (Fsp3) is 0.529. The summed E-state index contributed by atoms with van der Waals surface area (Å²) in [7, 11) is 0. The molecule has 2 aromatic heterocycles. The average Bonchev–Trinajstić information content (AvgIpc) is 2.64. The van der Waals surface area contributed by atoms with Gasteiger partial charge >= 0.3 is 0 Å². The van der Waals surface area contributed by atoms with Crippen LogP contribution in [0.3, 0.4) is 0 Å². The van der Waals surface area contributed by atoms with Crippen LogP contribution in [-0.2, 0) is 0 Å². The molecule has 0 radical (unpaired) electrons. The van der Waals surface area contributed by atoms with Gasteiger partial charge in [0.15, 0.2) is 5.75 Å². The van der Waals surface area contributed by atoms with Gasteiger partial charge in [-0.05, 0) is 42.7 Å². The van der Waals surface area contributed by atoms with Crippen LogP contribution >= 0.6 is 23.2 Å². The Hall–Kier alpha value is -1.66. The lowest BCUT2D eigenvalue weighted by molar-refractivity contribution is 0.222. The van der Waals surface area contributed by atoms with Crippen LogP contribution in [0.15, 0.2) is 24.8 Å². The van der Waals surface area contributed by atoms with Crippen molar-refractivity contribution in [3.63, 3.8) is 0 Å². The fourth-order valence-corrected chi connectivity index (χ4v) is 3.31. The van der Waals surface area contributed by atoms with Gasteiger partial charge in [0.25, 0.3) is 0 Å². The number of piperidine rings is 1. The van der Waals surface area contributed by atoms with Gasteiger partial charge in [-0.15, -0.1) is 0 Å². The molecule has 2 aromatic rings. The predicted molar refractivity (Wildman–Crippen MR) is 98.3 cm³/mol. The molecule has 1 atom stereocenters. The highest BCUT2D eigenvalue weighted by atomic mass is 35.5. The standard InChI is InChI=1S/C17H21Cl2N5O/c1-12(4-7-25-15-10-20-16(19)21-11-15)13-2-5-24(6-3-13)17-22-8-14(18)9-23-17/h8-13H,2-7H2,1H3. The molecule has 0 N–H and O–H groups in total. The van der Waals surface area contributed by atoms with E-state index in [1.165, 1.54) is 0 Å². The van der Waals surface area contributed by atoms with E-state index in [9.17, 15) is 0 Å². The molecule has 1 aliphatic heterocycles. The Morgan fingerprint density at radius 2 is 1.72 bits per heavy atom. The molecule has 6 nitrogen and oxygen atoms in total. The first-order chi connectivity index (χ1) is 12.1. The summed E-state index contributed by atoms with van der Waals surface area (Å²) in [5, 5.41) is 0.801. The topological polar surface area (TPSA) is 64.0 Å². The molecule has 3 heterocycles. The molecule has 1 unspecified atom stereocenters. The second kappa shape index (κ2) is 8.63. The third-order valence-corrected chi connectivity index (χ3v) is 5.06. The number of rotatable bonds is 6. The summed E-state index contributed by atoms with van der Waals surface area (Å²) < 4.78 is 5.70. The molecule has 0 aliphatic carbocycles. The molecule has 134 valence electrons. The van der Waals surface area contributed by atoms with Crippen LogP contribution in [0.5, 0.6) is 5.75 Å². The first kappa shape index (κ1) is 18.1. The molecule has 0 amide bonds. The second-order valence-electron chi connectivity index (χ2n) is 6.33. The van der Waals surface area contributed by atoms with Crippen LogP contribution in [0.1, 0.15) is 26.2 Å². The van der Waals surface area contributed by atoms with Crippen LogP contribution in [0, 0.1) is 11.8 Å². The summed E-state index contributed by atoms with van der Waals surface area (Å²) in [5.41, 5.74) is 0. The third-order valence-electron chi connectivity index (χ3n) is 4.67. The van der Waals surface area contributed by atoms with Gasteiger partial charge in [0, 0.05) is 13.1 Å². The smallest absolute Gasteiger partial charge is 0.225 e. The van der Waals surface area contributed by atoms with Crippen molar-refractivity contribution in [1.29, 1.82) is 0 Å². The minimum absolute atomic E-state index is 0.233. The van der Waals surface area contributed by atoms with Gasteiger partial charge in [-0.25, -0.2) is 19.9 Å². The molecule has 0 spiro atoms. The maximum atomic E-state index is 5.85. The van der Waals surface area contributed by atoms with Gasteiger partial charge in [-0.3, -0.25) is 0 Å². The van der Waals surface area contributed by atoms with Crippen LogP contribution in [0.2, 0.25) is 10.3 Å². The SMILES string of the molecule is CC(CCOc1cnc(Cl)nc1)C1CCN(c2ncc(Cl)cn2)CC1. The number of anilines is 1. The predicted octanol–water partition coefficient (Wildman–Crippen LogP) is 3.90. The third kappa shape index (κ3) is 5.16.